The molecule has 5 aliphatic rings. The predicted octanol–water partition coefficient (Wildman–Crippen LogP) is 8.59. The van der Waals surface area contributed by atoms with Gasteiger partial charge in [0.25, 0.3) is 12.3 Å². The van der Waals surface area contributed by atoms with E-state index in [2.05, 4.69) is 26.1 Å². The smallest absolute Gasteiger partial charge is 0.476 e. The van der Waals surface area contributed by atoms with Gasteiger partial charge < -0.3 is 31.3 Å². The van der Waals surface area contributed by atoms with Gasteiger partial charge in [0, 0.05) is 73.8 Å². The Morgan fingerprint density at radius 1 is 1.05 bits per heavy atom. The largest absolute Gasteiger partial charge is 1.00 e. The van der Waals surface area contributed by atoms with Crippen molar-refractivity contribution in [2.24, 2.45) is 23.9 Å². The van der Waals surface area contributed by atoms with E-state index < -0.39 is 6.43 Å². The summed E-state index contributed by atoms with van der Waals surface area (Å²) in [6.45, 7) is 3.34. The maximum atomic E-state index is 14.7. The van der Waals surface area contributed by atoms with Crippen LogP contribution in [0.2, 0.25) is 5.02 Å². The van der Waals surface area contributed by atoms with E-state index in [1.54, 1.807) is 61.3 Å². The first kappa shape index (κ1) is 48.7. The molecular formula is C49H58ClF2N10O3Os. The van der Waals surface area contributed by atoms with Crippen LogP contribution >= 0.6 is 11.6 Å². The zero-order valence-electron chi connectivity index (χ0n) is 37.5. The van der Waals surface area contributed by atoms with Crippen LogP contribution < -0.4 is 21.7 Å². The van der Waals surface area contributed by atoms with Gasteiger partial charge in [0.05, 0.1) is 30.0 Å². The average molecular weight is 1100 g/mol. The monoisotopic (exact) mass is 1100 g/mol. The molecule has 351 valence electrons. The van der Waals surface area contributed by atoms with Crippen LogP contribution in [0.3, 0.4) is 0 Å². The van der Waals surface area contributed by atoms with E-state index in [0.717, 1.165) is 105 Å². The molecule has 3 aliphatic carbocycles. The van der Waals surface area contributed by atoms with Gasteiger partial charge in [0.15, 0.2) is 11.7 Å². The number of nitrogens with zero attached hydrogens (tertiary/aromatic N) is 7. The predicted molar refractivity (Wildman–Crippen MR) is 245 cm³/mol. The number of allylic oxidation sites excluding steroid dienone is 2. The minimum atomic E-state index is -2.67. The number of fused-ring (bicyclic) bond motifs is 2. The molecule has 2 aliphatic heterocycles. The number of anilines is 2. The van der Waals surface area contributed by atoms with E-state index >= 15 is 0 Å². The van der Waals surface area contributed by atoms with Gasteiger partial charge in [-0.25, -0.2) is 8.78 Å². The van der Waals surface area contributed by atoms with Crippen LogP contribution in [0.15, 0.2) is 66.3 Å². The summed E-state index contributed by atoms with van der Waals surface area (Å²) in [5, 5.41) is 21.6. The Labute approximate surface area is 403 Å². The molecule has 0 saturated heterocycles. The molecule has 2 amide bonds. The second-order valence-electron chi connectivity index (χ2n) is 18.3. The first-order chi connectivity index (χ1) is 31.3. The number of carbonyl (C=O) groups is 2. The number of aryl methyl sites for hydroxylation is 2. The van der Waals surface area contributed by atoms with E-state index in [-0.39, 0.29) is 72.4 Å². The fourth-order valence-electron chi connectivity index (χ4n) is 10.4. The average Bonchev–Trinajstić information content (AvgIpc) is 3.91. The van der Waals surface area contributed by atoms with Crippen molar-refractivity contribution in [3.8, 4) is 17.3 Å². The van der Waals surface area contributed by atoms with Crippen LogP contribution in [0.5, 0.6) is 0 Å². The number of hydrogen-bond donors (Lipinski definition) is 3. The summed E-state index contributed by atoms with van der Waals surface area (Å²) < 4.78 is 39.2. The molecule has 3 fully saturated rings. The quantitative estimate of drug-likeness (QED) is 0.0642. The third-order valence-corrected chi connectivity index (χ3v) is 14.2. The van der Waals surface area contributed by atoms with E-state index in [4.69, 9.17) is 38.2 Å². The van der Waals surface area contributed by atoms with E-state index in [1.807, 2.05) is 17.0 Å². The molecule has 17 heteroatoms. The van der Waals surface area contributed by atoms with Crippen molar-refractivity contribution >= 4 is 34.9 Å². The van der Waals surface area contributed by atoms with Gasteiger partial charge in [0.2, 0.25) is 5.91 Å². The summed E-state index contributed by atoms with van der Waals surface area (Å²) >= 11 is 5.57. The maximum Gasteiger partial charge on any atom is 1.00 e. The molecule has 0 unspecified atom stereocenters. The third-order valence-electron chi connectivity index (χ3n) is 13.9. The fourth-order valence-corrected chi connectivity index (χ4v) is 10.6. The number of nitrogens with two attached hydrogens (primary N) is 2. The summed E-state index contributed by atoms with van der Waals surface area (Å²) in [6.07, 6.45) is 15.9. The van der Waals surface area contributed by atoms with Crippen molar-refractivity contribution in [1.29, 1.82) is 5.26 Å². The number of amides is 2. The molecule has 4 aromatic rings. The molecule has 1 spiro atoms. The van der Waals surface area contributed by atoms with Gasteiger partial charge in [-0.3, -0.25) is 19.0 Å². The van der Waals surface area contributed by atoms with Crippen LogP contribution in [-0.4, -0.2) is 61.5 Å². The van der Waals surface area contributed by atoms with Crippen molar-refractivity contribution in [1.82, 2.24) is 29.8 Å². The molecule has 13 nitrogen and oxygen atoms in total. The number of alkyl halides is 2. The normalized spacial score (nSPS) is 22.0. The summed E-state index contributed by atoms with van der Waals surface area (Å²) in [5.41, 5.74) is 18.0. The van der Waals surface area contributed by atoms with Gasteiger partial charge in [-0.15, -0.1) is 0 Å². The number of ether oxygens (including phenoxy) is 1. The number of aromatic nitrogens is 4. The molecule has 2 aromatic carbocycles. The Morgan fingerprint density at radius 3 is 2.45 bits per heavy atom. The van der Waals surface area contributed by atoms with Gasteiger partial charge in [-0.2, -0.15) is 51.3 Å². The van der Waals surface area contributed by atoms with Crippen molar-refractivity contribution in [3.05, 3.63) is 105 Å². The fraction of sp³-hybridized carbons (Fsp3) is 0.490. The van der Waals surface area contributed by atoms with E-state index in [0.29, 0.717) is 47.9 Å². The summed E-state index contributed by atoms with van der Waals surface area (Å²) in [5.74, 6) is 0.789. The van der Waals surface area contributed by atoms with Gasteiger partial charge >= 0.3 is 19.8 Å². The van der Waals surface area contributed by atoms with Crippen molar-refractivity contribution < 1.29 is 42.9 Å². The Hall–Kier alpha value is -5.24. The van der Waals surface area contributed by atoms with Crippen LogP contribution in [0.25, 0.3) is 11.3 Å². The Bertz CT molecular complexity index is 2490. The third kappa shape index (κ3) is 10.8. The topological polar surface area (TPSA) is 173 Å². The zero-order chi connectivity index (χ0) is 45.8. The number of nitrogens with one attached hydrogen (secondary N) is 1. The minimum absolute atomic E-state index is 0. The van der Waals surface area contributed by atoms with Crippen LogP contribution in [0.4, 0.5) is 20.3 Å². The summed E-state index contributed by atoms with van der Waals surface area (Å²) in [4.78, 5) is 29.1. The molecular weight excluding hydrogens is 1040 g/mol. The second-order valence-corrected chi connectivity index (χ2v) is 18.7. The number of benzene rings is 2. The molecule has 66 heavy (non-hydrogen) atoms. The van der Waals surface area contributed by atoms with E-state index in [9.17, 15) is 18.4 Å². The number of halogens is 3. The molecule has 4 heterocycles. The van der Waals surface area contributed by atoms with Crippen molar-refractivity contribution in [2.45, 2.75) is 128 Å². The molecule has 0 bridgehead atoms. The maximum absolute atomic E-state index is 14.7. The molecule has 2 aromatic heterocycles. The minimum Gasteiger partial charge on any atom is -0.476 e. The number of carbonyl (C=O) groups excluding carboxylic acids is 2. The van der Waals surface area contributed by atoms with Crippen LogP contribution in [-0.2, 0) is 60.6 Å². The standard InChI is InChI=1S/C42H55F2N9O3.C7H3ClN.Os/c1-26(54)51-20-15-36-33(25-51)40(52-18-6-7-27-21-31(35-14-19-50(2)48-35)32(39(43)44)22-37(27)52)49-53(36)29-12-16-42(17-13-29)23-30(24-42)56-38(46)11-10-34(45)41(55)47-28-8-4-3-5-9-28;8-7-4-2-1-3-6(7)5-9;/h10-11,14,19,21-22,28-30,39H,3-9,12-13,15-18,20,23-25,45-46H2,1-2H3,(H,47,55);1,3-4H;/q;-1;+1/b34-10-,38-11+;;. The van der Waals surface area contributed by atoms with Crippen molar-refractivity contribution in [3.63, 3.8) is 0 Å². The SMILES string of the molecule is CC(=O)N1CCc2c(c(N3CCCc4cc(-c5ccn(C)n5)c(C(F)F)cc43)nn2C2CCC3(CC2)CC(O/C(N)=C/C=C(\N)C(=O)NC2CCCCC2)C3)C1.N#Cc1cc[c-]cc1Cl.[Os+]. The summed E-state index contributed by atoms with van der Waals surface area (Å²) in [6, 6.07) is 15.2. The zero-order valence-corrected chi connectivity index (χ0v) is 40.8. The van der Waals surface area contributed by atoms with Gasteiger partial charge in [-0.1, -0.05) is 24.3 Å². The first-order valence-electron chi connectivity index (χ1n) is 22.9. The summed E-state index contributed by atoms with van der Waals surface area (Å²) in [7, 11) is 1.79. The Morgan fingerprint density at radius 2 is 1.80 bits per heavy atom. The molecule has 3 saturated carbocycles. The number of rotatable bonds is 9. The Kier molecular flexibility index (Phi) is 15.6. The van der Waals surface area contributed by atoms with Gasteiger partial charge in [-0.05, 0) is 111 Å². The molecule has 9 rings (SSSR count). The number of nitriles is 1. The second kappa shape index (κ2) is 21.2. The Balaban J connectivity index is 0.000000581. The molecule has 0 atom stereocenters. The molecule has 5 N–H and O–H groups in total. The van der Waals surface area contributed by atoms with E-state index in [1.165, 1.54) is 12.5 Å². The van der Waals surface area contributed by atoms with Crippen LogP contribution in [0, 0.1) is 22.8 Å². The number of hydrogen-bond acceptors (Lipinski definition) is 9. The van der Waals surface area contributed by atoms with Crippen molar-refractivity contribution in [2.75, 3.05) is 18.0 Å². The van der Waals surface area contributed by atoms with Crippen LogP contribution in [0.1, 0.15) is 124 Å². The van der Waals surface area contributed by atoms with Gasteiger partial charge in [0.1, 0.15) is 6.10 Å². The molecule has 1 radical (unpaired) electrons. The first-order valence-corrected chi connectivity index (χ1v) is 23.2.